The fraction of sp³-hybridized carbons (Fsp3) is 0.588. The van der Waals surface area contributed by atoms with Crippen molar-refractivity contribution in [3.05, 3.63) is 35.9 Å². The normalized spacial score (nSPS) is 25.5. The Morgan fingerprint density at radius 2 is 1.95 bits per heavy atom. The molecule has 2 rings (SSSR count). The highest BCUT2D eigenvalue weighted by Gasteiger charge is 2.37. The highest BCUT2D eigenvalue weighted by atomic mass is 28.4. The molecule has 1 aliphatic heterocycles. The van der Waals surface area contributed by atoms with Crippen molar-refractivity contribution in [3.63, 3.8) is 0 Å². The van der Waals surface area contributed by atoms with Crippen LogP contribution in [0.5, 0.6) is 0 Å². The van der Waals surface area contributed by atoms with Crippen molar-refractivity contribution >= 4 is 14.0 Å². The van der Waals surface area contributed by atoms with Gasteiger partial charge in [-0.25, -0.2) is 0 Å². The Kier molecular flexibility index (Phi) is 5.42. The molecule has 1 aromatic rings. The summed E-state index contributed by atoms with van der Waals surface area (Å²) in [6.45, 7) is 9.22. The molecule has 0 amide bonds. The first-order chi connectivity index (χ1) is 10.3. The quantitative estimate of drug-likeness (QED) is 0.739. The van der Waals surface area contributed by atoms with Crippen LogP contribution in [0.2, 0.25) is 19.6 Å². The molecule has 0 spiro atoms. The third kappa shape index (κ3) is 4.66. The molecular weight excluding hydrogens is 294 g/mol. The first-order valence-corrected chi connectivity index (χ1v) is 11.2. The maximum absolute atomic E-state index is 5.97. The molecule has 4 nitrogen and oxygen atoms in total. The van der Waals surface area contributed by atoms with Crippen molar-refractivity contribution in [2.45, 2.75) is 51.1 Å². The summed E-state index contributed by atoms with van der Waals surface area (Å²) in [7, 11) is 0.165. The zero-order chi connectivity index (χ0) is 16.2. The standard InChI is InChI=1S/C17H27NO3Si/c1-17(19-2)13-15(14-9-7-6-8-10-14)16(18-21-17)11-12-20-22(3,4)5/h6-10,15H,11-13H2,1-5H3. The van der Waals surface area contributed by atoms with Crippen molar-refractivity contribution in [3.8, 4) is 0 Å². The number of hydrogen-bond donors (Lipinski definition) is 0. The molecule has 1 aliphatic rings. The average molecular weight is 321 g/mol. The molecule has 2 unspecified atom stereocenters. The lowest BCUT2D eigenvalue weighted by atomic mass is 9.86. The lowest BCUT2D eigenvalue weighted by Crippen LogP contribution is -2.38. The SMILES string of the molecule is COC1(C)CC(c2ccccc2)C(CCO[Si](C)(C)C)=NO1. The molecule has 0 aliphatic carbocycles. The van der Waals surface area contributed by atoms with Gasteiger partial charge >= 0.3 is 0 Å². The summed E-state index contributed by atoms with van der Waals surface area (Å²) >= 11 is 0. The lowest BCUT2D eigenvalue weighted by molar-refractivity contribution is -0.221. The minimum atomic E-state index is -1.50. The summed E-state index contributed by atoms with van der Waals surface area (Å²) in [5, 5.41) is 4.36. The van der Waals surface area contributed by atoms with Gasteiger partial charge in [-0.2, -0.15) is 0 Å². The van der Waals surface area contributed by atoms with Gasteiger partial charge in [0.15, 0.2) is 8.32 Å². The van der Waals surface area contributed by atoms with E-state index in [4.69, 9.17) is 14.0 Å². The third-order valence-electron chi connectivity index (χ3n) is 3.86. The third-order valence-corrected chi connectivity index (χ3v) is 4.93. The van der Waals surface area contributed by atoms with Gasteiger partial charge in [-0.05, 0) is 25.2 Å². The van der Waals surface area contributed by atoms with Crippen LogP contribution in [0.25, 0.3) is 0 Å². The molecule has 0 aromatic heterocycles. The summed E-state index contributed by atoms with van der Waals surface area (Å²) in [5.74, 6) is -0.450. The van der Waals surface area contributed by atoms with Gasteiger partial charge in [-0.1, -0.05) is 35.5 Å². The van der Waals surface area contributed by atoms with E-state index in [2.05, 4.69) is 49.1 Å². The van der Waals surface area contributed by atoms with Crippen molar-refractivity contribution < 1.29 is 14.0 Å². The van der Waals surface area contributed by atoms with Crippen LogP contribution >= 0.6 is 0 Å². The second-order valence-corrected chi connectivity index (χ2v) is 11.4. The number of nitrogens with zero attached hydrogens (tertiary/aromatic N) is 1. The zero-order valence-corrected chi connectivity index (χ0v) is 15.3. The second-order valence-electron chi connectivity index (χ2n) is 6.89. The number of oxime groups is 1. The van der Waals surface area contributed by atoms with Crippen molar-refractivity contribution in [1.29, 1.82) is 0 Å². The van der Waals surface area contributed by atoms with Gasteiger partial charge in [0.25, 0.3) is 0 Å². The minimum absolute atomic E-state index is 0.213. The Bertz CT molecular complexity index is 512. The second kappa shape index (κ2) is 6.94. The monoisotopic (exact) mass is 321 g/mol. The van der Waals surface area contributed by atoms with Gasteiger partial charge in [0, 0.05) is 39.4 Å². The lowest BCUT2D eigenvalue weighted by Gasteiger charge is -2.35. The molecule has 0 saturated carbocycles. The van der Waals surface area contributed by atoms with E-state index >= 15 is 0 Å². The van der Waals surface area contributed by atoms with Gasteiger partial charge in [0.1, 0.15) is 0 Å². The summed E-state index contributed by atoms with van der Waals surface area (Å²) in [6.07, 6.45) is 1.56. The van der Waals surface area contributed by atoms with Crippen LogP contribution in [-0.4, -0.2) is 33.5 Å². The van der Waals surface area contributed by atoms with E-state index < -0.39 is 14.1 Å². The van der Waals surface area contributed by atoms with Gasteiger partial charge in [-0.15, -0.1) is 0 Å². The van der Waals surface area contributed by atoms with E-state index in [9.17, 15) is 0 Å². The number of ether oxygens (including phenoxy) is 1. The summed E-state index contributed by atoms with van der Waals surface area (Å²) < 4.78 is 11.4. The first kappa shape index (κ1) is 17.2. The van der Waals surface area contributed by atoms with Gasteiger partial charge in [0.2, 0.25) is 5.79 Å². The smallest absolute Gasteiger partial charge is 0.234 e. The Balaban J connectivity index is 2.14. The van der Waals surface area contributed by atoms with E-state index in [0.717, 1.165) is 18.6 Å². The zero-order valence-electron chi connectivity index (χ0n) is 14.3. The van der Waals surface area contributed by atoms with E-state index in [0.29, 0.717) is 6.61 Å². The summed E-state index contributed by atoms with van der Waals surface area (Å²) in [5.41, 5.74) is 2.29. The van der Waals surface area contributed by atoms with Crippen molar-refractivity contribution in [2.75, 3.05) is 13.7 Å². The van der Waals surface area contributed by atoms with Gasteiger partial charge < -0.3 is 14.0 Å². The van der Waals surface area contributed by atoms with Crippen LogP contribution in [0.1, 0.15) is 31.2 Å². The number of benzene rings is 1. The molecule has 5 heteroatoms. The predicted molar refractivity (Wildman–Crippen MR) is 91.6 cm³/mol. The highest BCUT2D eigenvalue weighted by Crippen LogP contribution is 2.35. The van der Waals surface area contributed by atoms with Crippen molar-refractivity contribution in [2.24, 2.45) is 5.16 Å². The van der Waals surface area contributed by atoms with Crippen LogP contribution < -0.4 is 0 Å². The highest BCUT2D eigenvalue weighted by molar-refractivity contribution is 6.69. The summed E-state index contributed by atoms with van der Waals surface area (Å²) in [6, 6.07) is 10.4. The fourth-order valence-electron chi connectivity index (χ4n) is 2.54. The molecule has 2 atom stereocenters. The van der Waals surface area contributed by atoms with E-state index in [1.807, 2.05) is 13.0 Å². The Morgan fingerprint density at radius 1 is 1.27 bits per heavy atom. The van der Waals surface area contributed by atoms with Crippen LogP contribution in [0.15, 0.2) is 35.5 Å². The number of methoxy groups -OCH3 is 1. The Hall–Kier alpha value is -1.17. The largest absolute Gasteiger partial charge is 0.417 e. The molecule has 0 radical (unpaired) electrons. The predicted octanol–water partition coefficient (Wildman–Crippen LogP) is 4.15. The molecule has 1 aromatic carbocycles. The average Bonchev–Trinajstić information content (AvgIpc) is 2.48. The van der Waals surface area contributed by atoms with Crippen LogP contribution in [0.3, 0.4) is 0 Å². The van der Waals surface area contributed by atoms with Crippen LogP contribution in [0, 0.1) is 0 Å². The number of rotatable bonds is 6. The fourth-order valence-corrected chi connectivity index (χ4v) is 3.26. The molecule has 122 valence electrons. The van der Waals surface area contributed by atoms with E-state index in [1.54, 1.807) is 7.11 Å². The molecule has 0 fully saturated rings. The Morgan fingerprint density at radius 3 is 2.55 bits per heavy atom. The molecule has 22 heavy (non-hydrogen) atoms. The minimum Gasteiger partial charge on any atom is -0.417 e. The maximum Gasteiger partial charge on any atom is 0.234 e. The van der Waals surface area contributed by atoms with Gasteiger partial charge in [-0.3, -0.25) is 0 Å². The van der Waals surface area contributed by atoms with E-state index in [-0.39, 0.29) is 5.92 Å². The van der Waals surface area contributed by atoms with E-state index in [1.165, 1.54) is 5.56 Å². The van der Waals surface area contributed by atoms with Gasteiger partial charge in [0.05, 0.1) is 5.71 Å². The first-order valence-electron chi connectivity index (χ1n) is 7.82. The Labute approximate surface area is 134 Å². The molecule has 0 N–H and O–H groups in total. The topological polar surface area (TPSA) is 40.0 Å². The van der Waals surface area contributed by atoms with Crippen molar-refractivity contribution in [1.82, 2.24) is 0 Å². The molecule has 0 bridgehead atoms. The molecule has 1 heterocycles. The molecular formula is C17H27NO3Si. The number of hydrogen-bond acceptors (Lipinski definition) is 4. The summed E-state index contributed by atoms with van der Waals surface area (Å²) in [4.78, 5) is 5.58. The maximum atomic E-state index is 5.97. The molecule has 0 saturated heterocycles. The van der Waals surface area contributed by atoms with Crippen LogP contribution in [-0.2, 0) is 14.0 Å². The van der Waals surface area contributed by atoms with Crippen LogP contribution in [0.4, 0.5) is 0 Å².